The number of aromatic nitrogens is 1. The smallest absolute Gasteiger partial charge is 0.418 e. The van der Waals surface area contributed by atoms with Crippen LogP contribution in [0.25, 0.3) is 0 Å². The van der Waals surface area contributed by atoms with Gasteiger partial charge in [0, 0.05) is 11.8 Å². The lowest BCUT2D eigenvalue weighted by Gasteiger charge is -2.16. The van der Waals surface area contributed by atoms with Gasteiger partial charge < -0.3 is 14.9 Å². The number of phenolic OH excluding ortho intramolecular Hbond substituents is 1. The molecule has 15 heteroatoms. The van der Waals surface area contributed by atoms with Crippen molar-refractivity contribution < 1.29 is 40.9 Å². The van der Waals surface area contributed by atoms with Crippen LogP contribution in [0.2, 0.25) is 0 Å². The van der Waals surface area contributed by atoms with Gasteiger partial charge in [-0.15, -0.1) is 0 Å². The maximum Gasteiger partial charge on any atom is 0.418 e. The zero-order valence-electron chi connectivity index (χ0n) is 16.4. The number of nitro benzene ring substituents is 1. The van der Waals surface area contributed by atoms with Crippen molar-refractivity contribution in [1.29, 1.82) is 0 Å². The first-order chi connectivity index (χ1) is 15.3. The SMILES string of the molecule is Cc1oncc1C(=O)Nc1ccc(NS(=O)(=O)c2ccc(O)c([N+](=O)[O-])c2)c(C(F)(F)F)c1. The molecule has 0 unspecified atom stereocenters. The molecule has 174 valence electrons. The van der Waals surface area contributed by atoms with Crippen molar-refractivity contribution in [2.24, 2.45) is 0 Å². The second-order valence-electron chi connectivity index (χ2n) is 6.52. The molecule has 0 radical (unpaired) electrons. The van der Waals surface area contributed by atoms with Crippen LogP contribution in [0.15, 0.2) is 52.0 Å². The summed E-state index contributed by atoms with van der Waals surface area (Å²) in [6.45, 7) is 1.43. The number of aryl methyl sites for hydroxylation is 1. The Balaban J connectivity index is 1.96. The fraction of sp³-hybridized carbons (Fsp3) is 0.111. The molecule has 11 nitrogen and oxygen atoms in total. The maximum absolute atomic E-state index is 13.6. The lowest BCUT2D eigenvalue weighted by atomic mass is 10.1. The van der Waals surface area contributed by atoms with E-state index < -0.39 is 54.6 Å². The van der Waals surface area contributed by atoms with Crippen molar-refractivity contribution in [2.45, 2.75) is 18.0 Å². The number of phenols is 1. The fourth-order valence-corrected chi connectivity index (χ4v) is 3.78. The molecular formula is C18H13F3N4O7S. The van der Waals surface area contributed by atoms with Gasteiger partial charge in [-0.2, -0.15) is 13.2 Å². The molecule has 3 N–H and O–H groups in total. The molecule has 1 amide bonds. The average Bonchev–Trinajstić information content (AvgIpc) is 3.14. The molecule has 0 fully saturated rings. The normalized spacial score (nSPS) is 11.8. The number of nitrogens with zero attached hydrogens (tertiary/aromatic N) is 2. The highest BCUT2D eigenvalue weighted by Crippen LogP contribution is 2.38. The maximum atomic E-state index is 13.6. The van der Waals surface area contributed by atoms with Crippen molar-refractivity contribution in [2.75, 3.05) is 10.0 Å². The van der Waals surface area contributed by atoms with E-state index in [1.165, 1.54) is 6.92 Å². The van der Waals surface area contributed by atoms with Crippen molar-refractivity contribution in [3.63, 3.8) is 0 Å². The topological polar surface area (TPSA) is 165 Å². The molecule has 0 saturated carbocycles. The van der Waals surface area contributed by atoms with E-state index in [9.17, 15) is 41.6 Å². The number of carbonyl (C=O) groups excluding carboxylic acids is 1. The molecule has 1 aromatic heterocycles. The minimum atomic E-state index is -5.04. The first-order valence-electron chi connectivity index (χ1n) is 8.73. The van der Waals surface area contributed by atoms with E-state index in [1.54, 1.807) is 4.72 Å². The summed E-state index contributed by atoms with van der Waals surface area (Å²) in [4.78, 5) is 21.3. The Morgan fingerprint density at radius 1 is 1.21 bits per heavy atom. The van der Waals surface area contributed by atoms with Crippen LogP contribution in [0.3, 0.4) is 0 Å². The number of benzene rings is 2. The number of rotatable bonds is 6. The Kier molecular flexibility index (Phi) is 6.00. The predicted molar refractivity (Wildman–Crippen MR) is 106 cm³/mol. The first-order valence-corrected chi connectivity index (χ1v) is 10.2. The number of amides is 1. The zero-order valence-corrected chi connectivity index (χ0v) is 17.2. The van der Waals surface area contributed by atoms with Gasteiger partial charge in [-0.1, -0.05) is 5.16 Å². The van der Waals surface area contributed by atoms with Crippen LogP contribution in [-0.2, 0) is 16.2 Å². The van der Waals surface area contributed by atoms with Gasteiger partial charge in [0.2, 0.25) is 0 Å². The van der Waals surface area contributed by atoms with Crippen molar-refractivity contribution in [3.05, 3.63) is 69.6 Å². The minimum absolute atomic E-state index is 0.0118. The van der Waals surface area contributed by atoms with Crippen molar-refractivity contribution >= 4 is 33.0 Å². The van der Waals surface area contributed by atoms with Crippen LogP contribution in [-0.4, -0.2) is 29.5 Å². The summed E-state index contributed by atoms with van der Waals surface area (Å²) in [5.41, 5.74) is -3.58. The Labute approximate surface area is 183 Å². The van der Waals surface area contributed by atoms with E-state index in [-0.39, 0.29) is 17.0 Å². The van der Waals surface area contributed by atoms with Crippen LogP contribution in [0.1, 0.15) is 21.7 Å². The zero-order chi connectivity index (χ0) is 24.6. The van der Waals surface area contributed by atoms with Gasteiger partial charge in [-0.3, -0.25) is 19.6 Å². The number of hydrogen-bond donors (Lipinski definition) is 3. The molecule has 33 heavy (non-hydrogen) atoms. The van der Waals surface area contributed by atoms with E-state index in [2.05, 4.69) is 10.5 Å². The summed E-state index contributed by atoms with van der Waals surface area (Å²) >= 11 is 0. The van der Waals surface area contributed by atoms with Crippen molar-refractivity contribution in [1.82, 2.24) is 5.16 Å². The molecule has 0 aliphatic carbocycles. The highest BCUT2D eigenvalue weighted by Gasteiger charge is 2.35. The monoisotopic (exact) mass is 486 g/mol. The van der Waals surface area contributed by atoms with Crippen LogP contribution in [0.5, 0.6) is 5.75 Å². The number of aromatic hydroxyl groups is 1. The van der Waals surface area contributed by atoms with Crippen molar-refractivity contribution in [3.8, 4) is 5.75 Å². The van der Waals surface area contributed by atoms with Gasteiger partial charge in [-0.05, 0) is 37.3 Å². The summed E-state index contributed by atoms with van der Waals surface area (Å²) < 4.78 is 72.4. The van der Waals surface area contributed by atoms with Gasteiger partial charge in [0.1, 0.15) is 11.3 Å². The molecule has 1 heterocycles. The Morgan fingerprint density at radius 2 is 1.91 bits per heavy atom. The second-order valence-corrected chi connectivity index (χ2v) is 8.20. The fourth-order valence-electron chi connectivity index (χ4n) is 2.68. The highest BCUT2D eigenvalue weighted by molar-refractivity contribution is 7.92. The minimum Gasteiger partial charge on any atom is -0.502 e. The largest absolute Gasteiger partial charge is 0.502 e. The molecule has 3 aromatic rings. The van der Waals surface area contributed by atoms with Crippen LogP contribution in [0, 0.1) is 17.0 Å². The Morgan fingerprint density at radius 3 is 2.48 bits per heavy atom. The van der Waals surface area contributed by atoms with Gasteiger partial charge in [-0.25, -0.2) is 8.42 Å². The van der Waals surface area contributed by atoms with Gasteiger partial charge >= 0.3 is 11.9 Å². The van der Waals surface area contributed by atoms with Crippen LogP contribution >= 0.6 is 0 Å². The molecule has 0 aliphatic heterocycles. The number of anilines is 2. The molecule has 0 aliphatic rings. The third-order valence-corrected chi connectivity index (χ3v) is 5.64. The number of sulfonamides is 1. The van der Waals surface area contributed by atoms with Gasteiger partial charge in [0.05, 0.1) is 27.3 Å². The number of hydrogen-bond acceptors (Lipinski definition) is 8. The number of carbonyl (C=O) groups is 1. The Hall–Kier alpha value is -4.14. The third-order valence-electron chi connectivity index (χ3n) is 4.28. The van der Waals surface area contributed by atoms with E-state index in [4.69, 9.17) is 4.52 Å². The number of nitro groups is 1. The average molecular weight is 486 g/mol. The van der Waals surface area contributed by atoms with E-state index in [0.29, 0.717) is 12.1 Å². The number of nitrogens with one attached hydrogen (secondary N) is 2. The van der Waals surface area contributed by atoms with E-state index >= 15 is 0 Å². The predicted octanol–water partition coefficient (Wildman–Crippen LogP) is 3.67. The lowest BCUT2D eigenvalue weighted by Crippen LogP contribution is -2.18. The number of halogens is 3. The molecule has 0 atom stereocenters. The summed E-state index contributed by atoms with van der Waals surface area (Å²) in [7, 11) is -4.72. The lowest BCUT2D eigenvalue weighted by molar-refractivity contribution is -0.386. The highest BCUT2D eigenvalue weighted by atomic mass is 32.2. The van der Waals surface area contributed by atoms with E-state index in [1.807, 2.05) is 0 Å². The Bertz CT molecular complexity index is 1350. The molecule has 3 rings (SSSR count). The molecule has 2 aromatic carbocycles. The first kappa shape index (κ1) is 23.5. The molecular weight excluding hydrogens is 473 g/mol. The standard InChI is InChI=1S/C18H13F3N4O7S/c1-9-12(8-22-32-9)17(27)23-10-2-4-14(13(6-10)18(19,20)21)24-33(30,31)11-3-5-16(26)15(7-11)25(28)29/h2-8,24,26H,1H3,(H,23,27). The van der Waals surface area contributed by atoms with Crippen LogP contribution < -0.4 is 10.0 Å². The summed E-state index contributed by atoms with van der Waals surface area (Å²) in [5, 5.41) is 26.0. The molecule has 0 spiro atoms. The summed E-state index contributed by atoms with van der Waals surface area (Å²) in [5.74, 6) is -1.49. The van der Waals surface area contributed by atoms with Gasteiger partial charge in [0.25, 0.3) is 15.9 Å². The van der Waals surface area contributed by atoms with Gasteiger partial charge in [0.15, 0.2) is 5.75 Å². The third kappa shape index (κ3) is 5.03. The van der Waals surface area contributed by atoms with Crippen LogP contribution in [0.4, 0.5) is 30.2 Å². The summed E-state index contributed by atoms with van der Waals surface area (Å²) in [6, 6.07) is 4.31. The quantitative estimate of drug-likeness (QED) is 0.351. The van der Waals surface area contributed by atoms with E-state index in [0.717, 1.165) is 30.5 Å². The second kappa shape index (κ2) is 8.42. The number of alkyl halides is 3. The molecule has 0 bridgehead atoms. The molecule has 0 saturated heterocycles. The summed E-state index contributed by atoms with van der Waals surface area (Å²) in [6.07, 6.45) is -3.96.